The first-order chi connectivity index (χ1) is 9.08. The number of carbonyl (C=O) groups excluding carboxylic acids is 1. The maximum Gasteiger partial charge on any atom is 0.233 e. The zero-order valence-corrected chi connectivity index (χ0v) is 12.2. The van der Waals surface area contributed by atoms with E-state index in [1.54, 1.807) is 7.11 Å². The van der Waals surface area contributed by atoms with Gasteiger partial charge in [0.15, 0.2) is 0 Å². The molecule has 1 unspecified atom stereocenters. The highest BCUT2D eigenvalue weighted by molar-refractivity contribution is 5.78. The number of aryl methyl sites for hydroxylation is 1. The second kappa shape index (κ2) is 7.79. The lowest BCUT2D eigenvalue weighted by atomic mass is 10.0. The normalized spacial score (nSPS) is 12.0. The molecule has 0 aliphatic heterocycles. The molecule has 4 heteroatoms. The molecule has 19 heavy (non-hydrogen) atoms. The van der Waals surface area contributed by atoms with Gasteiger partial charge in [-0.2, -0.15) is 0 Å². The topological polar surface area (TPSA) is 50.4 Å². The first-order valence-electron chi connectivity index (χ1n) is 6.73. The minimum Gasteiger partial charge on any atom is -0.496 e. The Morgan fingerprint density at radius 3 is 2.79 bits per heavy atom. The third-order valence-corrected chi connectivity index (χ3v) is 2.99. The molecule has 0 saturated carbocycles. The van der Waals surface area contributed by atoms with Crippen LogP contribution in [0.1, 0.15) is 37.4 Å². The lowest BCUT2D eigenvalue weighted by Crippen LogP contribution is -2.35. The average molecular weight is 264 g/mol. The molecule has 106 valence electrons. The molecule has 1 amide bonds. The summed E-state index contributed by atoms with van der Waals surface area (Å²) in [5.74, 6) is 0.875. The quantitative estimate of drug-likeness (QED) is 0.793. The summed E-state index contributed by atoms with van der Waals surface area (Å²) in [4.78, 5) is 11.6. The Kier molecular flexibility index (Phi) is 6.36. The smallest absolute Gasteiger partial charge is 0.233 e. The van der Waals surface area contributed by atoms with Crippen molar-refractivity contribution in [3.63, 3.8) is 0 Å². The molecule has 0 radical (unpaired) electrons. The number of benzene rings is 1. The molecule has 0 fully saturated rings. The van der Waals surface area contributed by atoms with E-state index >= 15 is 0 Å². The first kappa shape index (κ1) is 15.5. The number of carbonyl (C=O) groups is 1. The summed E-state index contributed by atoms with van der Waals surface area (Å²) in [5, 5.41) is 6.06. The monoisotopic (exact) mass is 264 g/mol. The molecule has 1 aromatic rings. The Balaban J connectivity index is 2.60. The zero-order valence-electron chi connectivity index (χ0n) is 12.2. The standard InChI is InChI=1S/C15H24N2O2/c1-5-8-16-15(18)10-17-12(3)13-9-11(2)6-7-14(13)19-4/h6-7,9,12,17H,5,8,10H2,1-4H3,(H,16,18). The fourth-order valence-electron chi connectivity index (χ4n) is 1.87. The van der Waals surface area contributed by atoms with Gasteiger partial charge in [-0.1, -0.05) is 24.6 Å². The Morgan fingerprint density at radius 1 is 1.42 bits per heavy atom. The van der Waals surface area contributed by atoms with E-state index in [0.29, 0.717) is 6.54 Å². The molecule has 0 saturated heterocycles. The highest BCUT2D eigenvalue weighted by Gasteiger charge is 2.12. The highest BCUT2D eigenvalue weighted by Crippen LogP contribution is 2.25. The summed E-state index contributed by atoms with van der Waals surface area (Å²) in [6.07, 6.45) is 0.951. The average Bonchev–Trinajstić information content (AvgIpc) is 2.42. The molecule has 0 spiro atoms. The Hall–Kier alpha value is -1.55. The summed E-state index contributed by atoms with van der Waals surface area (Å²) in [5.41, 5.74) is 2.26. The van der Waals surface area contributed by atoms with Crippen molar-refractivity contribution in [1.29, 1.82) is 0 Å². The van der Waals surface area contributed by atoms with E-state index in [2.05, 4.69) is 16.7 Å². The van der Waals surface area contributed by atoms with Gasteiger partial charge in [0.1, 0.15) is 5.75 Å². The van der Waals surface area contributed by atoms with Crippen LogP contribution >= 0.6 is 0 Å². The number of hydrogen-bond acceptors (Lipinski definition) is 3. The van der Waals surface area contributed by atoms with Crippen LogP contribution < -0.4 is 15.4 Å². The van der Waals surface area contributed by atoms with Crippen LogP contribution in [0.3, 0.4) is 0 Å². The molecular weight excluding hydrogens is 240 g/mol. The lowest BCUT2D eigenvalue weighted by Gasteiger charge is -2.17. The van der Waals surface area contributed by atoms with Crippen LogP contribution in [0.2, 0.25) is 0 Å². The summed E-state index contributed by atoms with van der Waals surface area (Å²) in [7, 11) is 1.66. The van der Waals surface area contributed by atoms with E-state index in [0.717, 1.165) is 24.3 Å². The molecule has 4 nitrogen and oxygen atoms in total. The molecule has 2 N–H and O–H groups in total. The van der Waals surface area contributed by atoms with Crippen LogP contribution in [-0.4, -0.2) is 26.1 Å². The summed E-state index contributed by atoms with van der Waals surface area (Å²) < 4.78 is 5.35. The highest BCUT2D eigenvalue weighted by atomic mass is 16.5. The van der Waals surface area contributed by atoms with E-state index in [4.69, 9.17) is 4.74 Å². The maximum atomic E-state index is 11.6. The van der Waals surface area contributed by atoms with Crippen molar-refractivity contribution < 1.29 is 9.53 Å². The van der Waals surface area contributed by atoms with E-state index in [1.807, 2.05) is 32.9 Å². The van der Waals surface area contributed by atoms with Crippen LogP contribution in [0.25, 0.3) is 0 Å². The van der Waals surface area contributed by atoms with Gasteiger partial charge in [-0.15, -0.1) is 0 Å². The van der Waals surface area contributed by atoms with Gasteiger partial charge < -0.3 is 15.4 Å². The second-order valence-electron chi connectivity index (χ2n) is 4.70. The van der Waals surface area contributed by atoms with Crippen LogP contribution in [0.5, 0.6) is 5.75 Å². The van der Waals surface area contributed by atoms with Gasteiger partial charge in [0.2, 0.25) is 5.91 Å². The van der Waals surface area contributed by atoms with Gasteiger partial charge in [-0.3, -0.25) is 4.79 Å². The van der Waals surface area contributed by atoms with Crippen molar-refractivity contribution in [2.75, 3.05) is 20.2 Å². The molecule has 0 aliphatic carbocycles. The zero-order chi connectivity index (χ0) is 14.3. The van der Waals surface area contributed by atoms with Crippen molar-refractivity contribution in [2.24, 2.45) is 0 Å². The maximum absolute atomic E-state index is 11.6. The van der Waals surface area contributed by atoms with Crippen LogP contribution in [-0.2, 0) is 4.79 Å². The Labute approximate surface area is 115 Å². The van der Waals surface area contributed by atoms with E-state index in [9.17, 15) is 4.79 Å². The van der Waals surface area contributed by atoms with Gasteiger partial charge in [-0.25, -0.2) is 0 Å². The molecule has 0 bridgehead atoms. The van der Waals surface area contributed by atoms with E-state index < -0.39 is 0 Å². The summed E-state index contributed by atoms with van der Waals surface area (Å²) in [6.45, 7) is 7.16. The number of amides is 1. The predicted octanol–water partition coefficient (Wildman–Crippen LogP) is 2.18. The Bertz CT molecular complexity index is 419. The van der Waals surface area contributed by atoms with Gasteiger partial charge in [0, 0.05) is 18.2 Å². The fraction of sp³-hybridized carbons (Fsp3) is 0.533. The van der Waals surface area contributed by atoms with Crippen molar-refractivity contribution in [1.82, 2.24) is 10.6 Å². The van der Waals surface area contributed by atoms with E-state index in [1.165, 1.54) is 5.56 Å². The van der Waals surface area contributed by atoms with Crippen LogP contribution in [0.4, 0.5) is 0 Å². The summed E-state index contributed by atoms with van der Waals surface area (Å²) >= 11 is 0. The molecule has 0 heterocycles. The fourth-order valence-corrected chi connectivity index (χ4v) is 1.87. The first-order valence-corrected chi connectivity index (χ1v) is 6.73. The summed E-state index contributed by atoms with van der Waals surface area (Å²) in [6, 6.07) is 6.13. The van der Waals surface area contributed by atoms with Crippen LogP contribution in [0, 0.1) is 6.92 Å². The number of methoxy groups -OCH3 is 1. The van der Waals surface area contributed by atoms with Crippen LogP contribution in [0.15, 0.2) is 18.2 Å². The number of ether oxygens (including phenoxy) is 1. The molecule has 0 aliphatic rings. The van der Waals surface area contributed by atoms with E-state index in [-0.39, 0.29) is 11.9 Å². The van der Waals surface area contributed by atoms with Gasteiger partial charge in [0.25, 0.3) is 0 Å². The minimum atomic E-state index is 0.0281. The third kappa shape index (κ3) is 4.91. The third-order valence-electron chi connectivity index (χ3n) is 2.99. The van der Waals surface area contributed by atoms with Gasteiger partial charge in [-0.05, 0) is 26.3 Å². The molecule has 1 aromatic carbocycles. The van der Waals surface area contributed by atoms with Crippen molar-refractivity contribution in [2.45, 2.75) is 33.2 Å². The predicted molar refractivity (Wildman–Crippen MR) is 77.4 cm³/mol. The molecule has 1 rings (SSSR count). The van der Waals surface area contributed by atoms with Crippen molar-refractivity contribution in [3.8, 4) is 5.75 Å². The Morgan fingerprint density at radius 2 is 2.16 bits per heavy atom. The minimum absolute atomic E-state index is 0.0281. The molecule has 0 aromatic heterocycles. The molecular formula is C15H24N2O2. The van der Waals surface area contributed by atoms with Gasteiger partial charge >= 0.3 is 0 Å². The van der Waals surface area contributed by atoms with Crippen molar-refractivity contribution >= 4 is 5.91 Å². The number of nitrogens with one attached hydrogen (secondary N) is 2. The largest absolute Gasteiger partial charge is 0.496 e. The van der Waals surface area contributed by atoms with Gasteiger partial charge in [0.05, 0.1) is 13.7 Å². The molecule has 1 atom stereocenters. The lowest BCUT2D eigenvalue weighted by molar-refractivity contribution is -0.120. The SMILES string of the molecule is CCCNC(=O)CNC(C)c1cc(C)ccc1OC. The number of hydrogen-bond donors (Lipinski definition) is 2. The van der Waals surface area contributed by atoms with Crippen molar-refractivity contribution in [3.05, 3.63) is 29.3 Å². The second-order valence-corrected chi connectivity index (χ2v) is 4.70. The number of rotatable bonds is 7.